The summed E-state index contributed by atoms with van der Waals surface area (Å²) >= 11 is 1.70. The third-order valence-corrected chi connectivity index (χ3v) is 3.48. The molecule has 2 aromatic rings. The van der Waals surface area contributed by atoms with Gasteiger partial charge in [-0.25, -0.2) is 0 Å². The van der Waals surface area contributed by atoms with Gasteiger partial charge in [0.1, 0.15) is 0 Å². The highest BCUT2D eigenvalue weighted by atomic mass is 32.1. The lowest BCUT2D eigenvalue weighted by molar-refractivity contribution is 0.575. The molecule has 0 fully saturated rings. The lowest BCUT2D eigenvalue weighted by Gasteiger charge is -2.13. The molecule has 0 amide bonds. The first-order valence-corrected chi connectivity index (χ1v) is 6.49. The first-order valence-electron chi connectivity index (χ1n) is 5.54. The third-order valence-electron chi connectivity index (χ3n) is 2.78. The van der Waals surface area contributed by atoms with Crippen molar-refractivity contribution in [2.75, 3.05) is 0 Å². The molecule has 1 aromatic carbocycles. The molecule has 0 aliphatic rings. The lowest BCUT2D eigenvalue weighted by Crippen LogP contribution is -2.18. The van der Waals surface area contributed by atoms with Gasteiger partial charge in [0, 0.05) is 12.6 Å². The van der Waals surface area contributed by atoms with Crippen LogP contribution in [-0.4, -0.2) is 0 Å². The summed E-state index contributed by atoms with van der Waals surface area (Å²) in [7, 11) is 0. The Kier molecular flexibility index (Phi) is 3.92. The van der Waals surface area contributed by atoms with Crippen LogP contribution in [-0.2, 0) is 6.54 Å². The molecule has 1 aromatic heterocycles. The van der Waals surface area contributed by atoms with Gasteiger partial charge in [0.25, 0.3) is 0 Å². The molecule has 1 heterocycles. The molecule has 3 heteroatoms. The fourth-order valence-electron chi connectivity index (χ4n) is 1.69. The van der Waals surface area contributed by atoms with Crippen LogP contribution in [0, 0.1) is 11.3 Å². The van der Waals surface area contributed by atoms with Crippen LogP contribution in [0.3, 0.4) is 0 Å². The largest absolute Gasteiger partial charge is 0.306 e. The van der Waals surface area contributed by atoms with Crippen LogP contribution in [0.15, 0.2) is 41.1 Å². The smallest absolute Gasteiger partial charge is 0.0995 e. The van der Waals surface area contributed by atoms with Crippen molar-refractivity contribution >= 4 is 11.3 Å². The van der Waals surface area contributed by atoms with E-state index in [0.29, 0.717) is 6.04 Å². The van der Waals surface area contributed by atoms with E-state index in [9.17, 15) is 0 Å². The summed E-state index contributed by atoms with van der Waals surface area (Å²) in [4.78, 5) is 0. The SMILES string of the molecule is CC(NCc1ccccc1C#N)c1ccsc1. The molecule has 2 rings (SSSR count). The minimum absolute atomic E-state index is 0.313. The average Bonchev–Trinajstić information content (AvgIpc) is 2.90. The maximum Gasteiger partial charge on any atom is 0.0995 e. The van der Waals surface area contributed by atoms with Crippen molar-refractivity contribution in [3.05, 3.63) is 57.8 Å². The molecule has 0 saturated heterocycles. The zero-order valence-electron chi connectivity index (χ0n) is 9.68. The summed E-state index contributed by atoms with van der Waals surface area (Å²) in [5, 5.41) is 16.6. The molecule has 1 atom stereocenters. The summed E-state index contributed by atoms with van der Waals surface area (Å²) < 4.78 is 0. The maximum absolute atomic E-state index is 8.99. The Morgan fingerprint density at radius 1 is 1.35 bits per heavy atom. The van der Waals surface area contributed by atoms with E-state index < -0.39 is 0 Å². The van der Waals surface area contributed by atoms with Crippen molar-refractivity contribution in [1.82, 2.24) is 5.32 Å². The summed E-state index contributed by atoms with van der Waals surface area (Å²) in [6.07, 6.45) is 0. The standard InChI is InChI=1S/C14H14N2S/c1-11(14-6-7-17-10-14)16-9-13-5-3-2-4-12(13)8-15/h2-7,10-11,16H,9H2,1H3. The van der Waals surface area contributed by atoms with Gasteiger partial charge in [-0.05, 0) is 40.9 Å². The minimum Gasteiger partial charge on any atom is -0.306 e. The molecule has 0 saturated carbocycles. The van der Waals surface area contributed by atoms with Crippen LogP contribution < -0.4 is 5.32 Å². The van der Waals surface area contributed by atoms with Gasteiger partial charge in [-0.15, -0.1) is 0 Å². The number of thiophene rings is 1. The molecular weight excluding hydrogens is 228 g/mol. The second kappa shape index (κ2) is 5.62. The Hall–Kier alpha value is -1.63. The third kappa shape index (κ3) is 2.94. The Balaban J connectivity index is 2.01. The fraction of sp³-hybridized carbons (Fsp3) is 0.214. The van der Waals surface area contributed by atoms with Crippen LogP contribution in [0.25, 0.3) is 0 Å². The Morgan fingerprint density at radius 3 is 2.88 bits per heavy atom. The zero-order chi connectivity index (χ0) is 12.1. The van der Waals surface area contributed by atoms with E-state index in [0.717, 1.165) is 17.7 Å². The summed E-state index contributed by atoms with van der Waals surface area (Å²) in [6.45, 7) is 2.86. The van der Waals surface area contributed by atoms with Crippen molar-refractivity contribution in [3.63, 3.8) is 0 Å². The van der Waals surface area contributed by atoms with Crippen LogP contribution in [0.4, 0.5) is 0 Å². The number of hydrogen-bond donors (Lipinski definition) is 1. The molecule has 1 N–H and O–H groups in total. The molecule has 0 aliphatic carbocycles. The van der Waals surface area contributed by atoms with Crippen molar-refractivity contribution in [2.45, 2.75) is 19.5 Å². The Labute approximate surface area is 106 Å². The highest BCUT2D eigenvalue weighted by Gasteiger charge is 2.06. The molecule has 1 unspecified atom stereocenters. The quantitative estimate of drug-likeness (QED) is 0.891. The lowest BCUT2D eigenvalue weighted by atomic mass is 10.1. The first-order chi connectivity index (χ1) is 8.31. The number of hydrogen-bond acceptors (Lipinski definition) is 3. The van der Waals surface area contributed by atoms with Crippen molar-refractivity contribution in [1.29, 1.82) is 5.26 Å². The fourth-order valence-corrected chi connectivity index (χ4v) is 2.44. The average molecular weight is 242 g/mol. The van der Waals surface area contributed by atoms with E-state index in [-0.39, 0.29) is 0 Å². The predicted octanol–water partition coefficient (Wildman–Crippen LogP) is 3.47. The highest BCUT2D eigenvalue weighted by Crippen LogP contribution is 2.16. The van der Waals surface area contributed by atoms with E-state index in [1.165, 1.54) is 5.56 Å². The minimum atomic E-state index is 0.313. The molecule has 2 nitrogen and oxygen atoms in total. The maximum atomic E-state index is 8.99. The zero-order valence-corrected chi connectivity index (χ0v) is 10.5. The van der Waals surface area contributed by atoms with Gasteiger partial charge in [-0.3, -0.25) is 0 Å². The van der Waals surface area contributed by atoms with Crippen molar-refractivity contribution in [2.24, 2.45) is 0 Å². The normalized spacial score (nSPS) is 12.0. The van der Waals surface area contributed by atoms with Gasteiger partial charge in [0.2, 0.25) is 0 Å². The van der Waals surface area contributed by atoms with Crippen LogP contribution in [0.5, 0.6) is 0 Å². The van der Waals surface area contributed by atoms with E-state index in [2.05, 4.69) is 35.1 Å². The molecular formula is C14H14N2S. The molecule has 0 aliphatic heterocycles. The van der Waals surface area contributed by atoms with E-state index in [1.54, 1.807) is 11.3 Å². The van der Waals surface area contributed by atoms with Gasteiger partial charge in [0.15, 0.2) is 0 Å². The van der Waals surface area contributed by atoms with Gasteiger partial charge in [-0.1, -0.05) is 18.2 Å². The number of nitriles is 1. The van der Waals surface area contributed by atoms with E-state index in [4.69, 9.17) is 5.26 Å². The first kappa shape index (κ1) is 11.8. The second-order valence-electron chi connectivity index (χ2n) is 3.93. The van der Waals surface area contributed by atoms with E-state index >= 15 is 0 Å². The van der Waals surface area contributed by atoms with Crippen LogP contribution in [0.2, 0.25) is 0 Å². The molecule has 17 heavy (non-hydrogen) atoms. The Bertz CT molecular complexity index is 511. The number of benzene rings is 1. The summed E-state index contributed by atoms with van der Waals surface area (Å²) in [6, 6.07) is 12.4. The van der Waals surface area contributed by atoms with Crippen LogP contribution in [0.1, 0.15) is 29.7 Å². The van der Waals surface area contributed by atoms with Gasteiger partial charge in [-0.2, -0.15) is 16.6 Å². The molecule has 86 valence electrons. The monoisotopic (exact) mass is 242 g/mol. The van der Waals surface area contributed by atoms with Gasteiger partial charge < -0.3 is 5.32 Å². The predicted molar refractivity (Wildman–Crippen MR) is 70.7 cm³/mol. The molecule has 0 spiro atoms. The molecule has 0 radical (unpaired) electrons. The van der Waals surface area contributed by atoms with Crippen molar-refractivity contribution < 1.29 is 0 Å². The number of rotatable bonds is 4. The van der Waals surface area contributed by atoms with Crippen LogP contribution >= 0.6 is 11.3 Å². The van der Waals surface area contributed by atoms with Crippen molar-refractivity contribution in [3.8, 4) is 6.07 Å². The number of nitrogens with one attached hydrogen (secondary N) is 1. The van der Waals surface area contributed by atoms with E-state index in [1.807, 2.05) is 24.3 Å². The number of nitrogens with zero attached hydrogens (tertiary/aromatic N) is 1. The highest BCUT2D eigenvalue weighted by molar-refractivity contribution is 7.07. The second-order valence-corrected chi connectivity index (χ2v) is 4.71. The van der Waals surface area contributed by atoms with Gasteiger partial charge >= 0.3 is 0 Å². The Morgan fingerprint density at radius 2 is 2.18 bits per heavy atom. The topological polar surface area (TPSA) is 35.8 Å². The summed E-state index contributed by atoms with van der Waals surface area (Å²) in [5.41, 5.74) is 3.10. The summed E-state index contributed by atoms with van der Waals surface area (Å²) in [5.74, 6) is 0. The van der Waals surface area contributed by atoms with Gasteiger partial charge in [0.05, 0.1) is 11.6 Å². The molecule has 0 bridgehead atoms.